The molecule has 0 aromatic heterocycles. The molecule has 0 aliphatic carbocycles. The van der Waals surface area contributed by atoms with E-state index in [1.165, 1.54) is 0 Å². The average Bonchev–Trinajstić information content (AvgIpc) is 2.72. The van der Waals surface area contributed by atoms with Crippen LogP contribution in [0.2, 0.25) is 0 Å². The van der Waals surface area contributed by atoms with Crippen LogP contribution in [0.5, 0.6) is 0 Å². The maximum absolute atomic E-state index is 12.6. The maximum Gasteiger partial charge on any atom is 0.271 e. The molecule has 0 aliphatic rings. The summed E-state index contributed by atoms with van der Waals surface area (Å²) in [7, 11) is 0. The van der Waals surface area contributed by atoms with Gasteiger partial charge in [0.15, 0.2) is 0 Å². The Bertz CT molecular complexity index is 1060. The van der Waals surface area contributed by atoms with E-state index in [9.17, 15) is 14.4 Å². The lowest BCUT2D eigenvalue weighted by molar-refractivity contribution is 0.0847. The van der Waals surface area contributed by atoms with Gasteiger partial charge in [0.05, 0.1) is 11.3 Å². The minimum absolute atomic E-state index is 0.234. The van der Waals surface area contributed by atoms with Crippen molar-refractivity contribution in [2.24, 2.45) is 0 Å². The maximum atomic E-state index is 12.6. The fraction of sp³-hybridized carbons (Fsp3) is 0.0870. The van der Waals surface area contributed by atoms with Crippen LogP contribution in [0.25, 0.3) is 0 Å². The molecule has 3 aromatic carbocycles. The van der Waals surface area contributed by atoms with Crippen LogP contribution in [0.4, 0.5) is 5.69 Å². The molecule has 0 unspecified atom stereocenters. The summed E-state index contributed by atoms with van der Waals surface area (Å²) in [6, 6.07) is 20.7. The monoisotopic (exact) mass is 387 g/mol. The van der Waals surface area contributed by atoms with E-state index < -0.39 is 11.8 Å². The van der Waals surface area contributed by atoms with Crippen molar-refractivity contribution in [2.75, 3.05) is 5.32 Å². The van der Waals surface area contributed by atoms with Gasteiger partial charge < -0.3 is 5.32 Å². The lowest BCUT2D eigenvalue weighted by Gasteiger charge is -2.12. The van der Waals surface area contributed by atoms with E-state index >= 15 is 0 Å². The topological polar surface area (TPSA) is 87.3 Å². The van der Waals surface area contributed by atoms with Crippen molar-refractivity contribution in [3.05, 3.63) is 101 Å². The van der Waals surface area contributed by atoms with Crippen LogP contribution in [0.15, 0.2) is 72.8 Å². The van der Waals surface area contributed by atoms with Crippen molar-refractivity contribution in [3.8, 4) is 0 Å². The molecule has 6 nitrogen and oxygen atoms in total. The van der Waals surface area contributed by atoms with Crippen LogP contribution in [-0.4, -0.2) is 17.7 Å². The number of rotatable bonds is 4. The van der Waals surface area contributed by atoms with Crippen LogP contribution >= 0.6 is 0 Å². The highest BCUT2D eigenvalue weighted by molar-refractivity contribution is 6.09. The first kappa shape index (κ1) is 19.8. The quantitative estimate of drug-likeness (QED) is 0.598. The Labute approximate surface area is 168 Å². The number of hydrazine groups is 1. The Morgan fingerprint density at radius 2 is 1.31 bits per heavy atom. The van der Waals surface area contributed by atoms with Crippen molar-refractivity contribution < 1.29 is 14.4 Å². The third-order valence-corrected chi connectivity index (χ3v) is 4.30. The van der Waals surface area contributed by atoms with E-state index in [4.69, 9.17) is 0 Å². The molecular weight excluding hydrogens is 366 g/mol. The molecule has 0 saturated carbocycles. The zero-order valence-corrected chi connectivity index (χ0v) is 16.2. The standard InChI is InChI=1S/C23H21N3O3/c1-15-10-12-17(13-11-15)22(28)25-26-23(29)19-8-3-4-9-20(19)24-21(27)18-7-5-6-16(2)14-18/h3-14H,1-2H3,(H,24,27)(H,25,28)(H,26,29). The summed E-state index contributed by atoms with van der Waals surface area (Å²) in [6.07, 6.45) is 0. The van der Waals surface area contributed by atoms with Crippen molar-refractivity contribution in [3.63, 3.8) is 0 Å². The second-order valence-corrected chi connectivity index (χ2v) is 6.64. The van der Waals surface area contributed by atoms with E-state index in [0.717, 1.165) is 11.1 Å². The number of nitrogens with one attached hydrogen (secondary N) is 3. The molecule has 0 heterocycles. The van der Waals surface area contributed by atoms with Gasteiger partial charge in [0.1, 0.15) is 0 Å². The molecular formula is C23H21N3O3. The van der Waals surface area contributed by atoms with Gasteiger partial charge in [-0.1, -0.05) is 47.5 Å². The predicted octanol–water partition coefficient (Wildman–Crippen LogP) is 3.63. The summed E-state index contributed by atoms with van der Waals surface area (Å²) < 4.78 is 0. The molecule has 146 valence electrons. The summed E-state index contributed by atoms with van der Waals surface area (Å²) in [5.74, 6) is -1.29. The van der Waals surface area contributed by atoms with E-state index in [1.54, 1.807) is 54.6 Å². The largest absolute Gasteiger partial charge is 0.321 e. The van der Waals surface area contributed by atoms with E-state index in [-0.39, 0.29) is 11.5 Å². The van der Waals surface area contributed by atoms with E-state index in [1.807, 2.05) is 32.0 Å². The van der Waals surface area contributed by atoms with Crippen molar-refractivity contribution >= 4 is 23.4 Å². The number of hydrogen-bond donors (Lipinski definition) is 3. The first-order valence-electron chi connectivity index (χ1n) is 9.08. The highest BCUT2D eigenvalue weighted by atomic mass is 16.2. The Balaban J connectivity index is 1.69. The molecule has 6 heteroatoms. The lowest BCUT2D eigenvalue weighted by Crippen LogP contribution is -2.41. The van der Waals surface area contributed by atoms with Crippen LogP contribution in [-0.2, 0) is 0 Å². The molecule has 29 heavy (non-hydrogen) atoms. The molecule has 3 N–H and O–H groups in total. The van der Waals surface area contributed by atoms with E-state index in [0.29, 0.717) is 16.8 Å². The first-order chi connectivity index (χ1) is 13.9. The number of hydrogen-bond acceptors (Lipinski definition) is 3. The van der Waals surface area contributed by atoms with Crippen LogP contribution in [0.1, 0.15) is 42.2 Å². The van der Waals surface area contributed by atoms with Crippen molar-refractivity contribution in [2.45, 2.75) is 13.8 Å². The normalized spacial score (nSPS) is 10.1. The van der Waals surface area contributed by atoms with Gasteiger partial charge in [-0.05, 0) is 50.2 Å². The number of carbonyl (C=O) groups excluding carboxylic acids is 3. The van der Waals surface area contributed by atoms with Crippen LogP contribution in [0, 0.1) is 13.8 Å². The minimum atomic E-state index is -0.536. The van der Waals surface area contributed by atoms with Crippen molar-refractivity contribution in [1.29, 1.82) is 0 Å². The zero-order valence-electron chi connectivity index (χ0n) is 16.2. The third-order valence-electron chi connectivity index (χ3n) is 4.30. The van der Waals surface area contributed by atoms with Gasteiger partial charge in [-0.25, -0.2) is 0 Å². The second kappa shape index (κ2) is 8.84. The van der Waals surface area contributed by atoms with Gasteiger partial charge in [-0.15, -0.1) is 0 Å². The van der Waals surface area contributed by atoms with Gasteiger partial charge in [0.25, 0.3) is 17.7 Å². The van der Waals surface area contributed by atoms with Gasteiger partial charge in [-0.2, -0.15) is 0 Å². The molecule has 3 amide bonds. The molecule has 3 aromatic rings. The molecule has 0 radical (unpaired) electrons. The third kappa shape index (κ3) is 5.07. The molecule has 0 fully saturated rings. The highest BCUT2D eigenvalue weighted by Gasteiger charge is 2.15. The molecule has 0 saturated heterocycles. The summed E-state index contributed by atoms with van der Waals surface area (Å²) in [5.41, 5.74) is 8.27. The molecule has 0 bridgehead atoms. The molecule has 3 rings (SSSR count). The Hall–Kier alpha value is -3.93. The lowest BCUT2D eigenvalue weighted by atomic mass is 10.1. The number of aryl methyl sites for hydroxylation is 2. The Morgan fingerprint density at radius 1 is 0.621 bits per heavy atom. The van der Waals surface area contributed by atoms with Gasteiger partial charge in [-0.3, -0.25) is 25.2 Å². The SMILES string of the molecule is Cc1ccc(C(=O)NNC(=O)c2ccccc2NC(=O)c2cccc(C)c2)cc1. The second-order valence-electron chi connectivity index (χ2n) is 6.64. The van der Waals surface area contributed by atoms with Gasteiger partial charge in [0, 0.05) is 11.1 Å². The smallest absolute Gasteiger partial charge is 0.271 e. The number of amides is 3. The van der Waals surface area contributed by atoms with Gasteiger partial charge in [0.2, 0.25) is 0 Å². The Kier molecular flexibility index (Phi) is 6.04. The summed E-state index contributed by atoms with van der Waals surface area (Å²) in [5, 5.41) is 2.75. The molecule has 0 spiro atoms. The summed E-state index contributed by atoms with van der Waals surface area (Å²) in [4.78, 5) is 37.2. The number of para-hydroxylation sites is 1. The number of anilines is 1. The van der Waals surface area contributed by atoms with Crippen LogP contribution in [0.3, 0.4) is 0 Å². The first-order valence-corrected chi connectivity index (χ1v) is 9.08. The fourth-order valence-electron chi connectivity index (χ4n) is 2.73. The summed E-state index contributed by atoms with van der Waals surface area (Å²) in [6.45, 7) is 3.82. The predicted molar refractivity (Wildman–Crippen MR) is 112 cm³/mol. The average molecular weight is 387 g/mol. The van der Waals surface area contributed by atoms with Gasteiger partial charge >= 0.3 is 0 Å². The van der Waals surface area contributed by atoms with Crippen molar-refractivity contribution in [1.82, 2.24) is 10.9 Å². The minimum Gasteiger partial charge on any atom is -0.321 e. The van der Waals surface area contributed by atoms with E-state index in [2.05, 4.69) is 16.2 Å². The fourth-order valence-corrected chi connectivity index (χ4v) is 2.73. The summed E-state index contributed by atoms with van der Waals surface area (Å²) >= 11 is 0. The Morgan fingerprint density at radius 3 is 2.03 bits per heavy atom. The highest BCUT2D eigenvalue weighted by Crippen LogP contribution is 2.16. The zero-order chi connectivity index (χ0) is 20.8. The molecule has 0 atom stereocenters. The van der Waals surface area contributed by atoms with Crippen LogP contribution < -0.4 is 16.2 Å². The molecule has 0 aliphatic heterocycles. The number of benzene rings is 3. The number of carbonyl (C=O) groups is 3.